The third-order valence-electron chi connectivity index (χ3n) is 5.69. The number of rotatable bonds is 4. The number of nitrogens with one attached hydrogen (secondary N) is 1. The van der Waals surface area contributed by atoms with Crippen molar-refractivity contribution in [3.05, 3.63) is 59.3 Å². The molecular formula is C21H21F3N2O3S. The van der Waals surface area contributed by atoms with E-state index < -0.39 is 21.8 Å². The van der Waals surface area contributed by atoms with Gasteiger partial charge in [0.15, 0.2) is 0 Å². The zero-order chi connectivity index (χ0) is 21.7. The molecule has 1 aliphatic carbocycles. The predicted octanol–water partition coefficient (Wildman–Crippen LogP) is 3.98. The van der Waals surface area contributed by atoms with E-state index in [9.17, 15) is 21.6 Å². The number of hydrogen-bond acceptors (Lipinski definition) is 4. The van der Waals surface area contributed by atoms with E-state index in [2.05, 4.69) is 5.32 Å². The maximum absolute atomic E-state index is 13.5. The van der Waals surface area contributed by atoms with Crippen molar-refractivity contribution in [2.24, 2.45) is 0 Å². The van der Waals surface area contributed by atoms with Gasteiger partial charge in [0.2, 0.25) is 0 Å². The van der Waals surface area contributed by atoms with Crippen LogP contribution in [0.2, 0.25) is 0 Å². The Bertz CT molecular complexity index is 1220. The molecule has 0 spiro atoms. The summed E-state index contributed by atoms with van der Waals surface area (Å²) in [5, 5.41) is 3.63. The number of nitrogens with zero attached hydrogens (tertiary/aromatic N) is 1. The van der Waals surface area contributed by atoms with Crippen molar-refractivity contribution < 1.29 is 26.3 Å². The molecule has 2 aromatic carbocycles. The van der Waals surface area contributed by atoms with Crippen molar-refractivity contribution in [1.82, 2.24) is 9.29 Å². The SMILES string of the molecule is CN[C@H]1CCc2c(S(=O)(=O)n3ccc4ccc(C(F)(F)F)cc43)ccc(OC)c2C1. The summed E-state index contributed by atoms with van der Waals surface area (Å²) in [4.78, 5) is 0.0998. The molecule has 1 aromatic heterocycles. The lowest BCUT2D eigenvalue weighted by molar-refractivity contribution is -0.137. The summed E-state index contributed by atoms with van der Waals surface area (Å²) >= 11 is 0. The average Bonchev–Trinajstić information content (AvgIpc) is 3.16. The van der Waals surface area contributed by atoms with Crippen LogP contribution < -0.4 is 10.1 Å². The average molecular weight is 438 g/mol. The Morgan fingerprint density at radius 3 is 2.57 bits per heavy atom. The molecular weight excluding hydrogens is 417 g/mol. The lowest BCUT2D eigenvalue weighted by Gasteiger charge is -2.27. The van der Waals surface area contributed by atoms with Gasteiger partial charge < -0.3 is 10.1 Å². The van der Waals surface area contributed by atoms with Crippen molar-refractivity contribution in [3.8, 4) is 5.75 Å². The van der Waals surface area contributed by atoms with Crippen LogP contribution >= 0.6 is 0 Å². The molecule has 0 radical (unpaired) electrons. The molecule has 4 rings (SSSR count). The quantitative estimate of drug-likeness (QED) is 0.670. The van der Waals surface area contributed by atoms with E-state index in [1.54, 1.807) is 6.07 Å². The van der Waals surface area contributed by atoms with Gasteiger partial charge in [0.1, 0.15) is 5.75 Å². The molecule has 3 aromatic rings. The second-order valence-electron chi connectivity index (χ2n) is 7.34. The zero-order valence-electron chi connectivity index (χ0n) is 16.5. The van der Waals surface area contributed by atoms with Crippen molar-refractivity contribution in [2.75, 3.05) is 14.2 Å². The molecule has 0 saturated heterocycles. The van der Waals surface area contributed by atoms with Gasteiger partial charge in [-0.2, -0.15) is 13.2 Å². The van der Waals surface area contributed by atoms with Crippen molar-refractivity contribution in [1.29, 1.82) is 0 Å². The van der Waals surface area contributed by atoms with E-state index in [0.29, 0.717) is 29.5 Å². The van der Waals surface area contributed by atoms with E-state index in [-0.39, 0.29) is 16.5 Å². The zero-order valence-corrected chi connectivity index (χ0v) is 17.3. The molecule has 9 heteroatoms. The molecule has 1 atom stereocenters. The molecule has 1 N–H and O–H groups in total. The van der Waals surface area contributed by atoms with Crippen LogP contribution in [0.25, 0.3) is 10.9 Å². The number of benzene rings is 2. The van der Waals surface area contributed by atoms with Crippen LogP contribution in [0, 0.1) is 0 Å². The molecule has 30 heavy (non-hydrogen) atoms. The molecule has 1 aliphatic rings. The van der Waals surface area contributed by atoms with Crippen LogP contribution in [-0.2, 0) is 29.0 Å². The topological polar surface area (TPSA) is 60.3 Å². The fraction of sp³-hybridized carbons (Fsp3) is 0.333. The number of hydrogen-bond donors (Lipinski definition) is 1. The molecule has 1 heterocycles. The number of aromatic nitrogens is 1. The van der Waals surface area contributed by atoms with Gasteiger partial charge in [-0.15, -0.1) is 0 Å². The van der Waals surface area contributed by atoms with Gasteiger partial charge >= 0.3 is 6.18 Å². The molecule has 0 unspecified atom stereocenters. The minimum atomic E-state index is -4.56. The molecule has 0 fully saturated rings. The summed E-state index contributed by atoms with van der Waals surface area (Å²) in [6, 6.07) is 7.89. The Kier molecular flexibility index (Phi) is 5.06. The Balaban J connectivity index is 1.90. The van der Waals surface area contributed by atoms with Crippen LogP contribution in [0.15, 0.2) is 47.5 Å². The van der Waals surface area contributed by atoms with Gasteiger partial charge in [-0.05, 0) is 62.2 Å². The fourth-order valence-electron chi connectivity index (χ4n) is 4.09. The van der Waals surface area contributed by atoms with E-state index in [1.165, 1.54) is 31.5 Å². The maximum atomic E-state index is 13.5. The monoisotopic (exact) mass is 438 g/mol. The third-order valence-corrected chi connectivity index (χ3v) is 7.46. The summed E-state index contributed by atoms with van der Waals surface area (Å²) in [7, 11) is -0.715. The fourth-order valence-corrected chi connectivity index (χ4v) is 5.72. The van der Waals surface area contributed by atoms with Gasteiger partial charge in [-0.1, -0.05) is 6.07 Å². The Morgan fingerprint density at radius 2 is 1.90 bits per heavy atom. The molecule has 0 saturated carbocycles. The highest BCUT2D eigenvalue weighted by molar-refractivity contribution is 7.90. The number of ether oxygens (including phenoxy) is 1. The van der Waals surface area contributed by atoms with Crippen LogP contribution in [0.5, 0.6) is 5.75 Å². The van der Waals surface area contributed by atoms with E-state index in [4.69, 9.17) is 4.74 Å². The van der Waals surface area contributed by atoms with Crippen LogP contribution in [0.3, 0.4) is 0 Å². The first-order chi connectivity index (χ1) is 14.2. The first-order valence-electron chi connectivity index (χ1n) is 9.46. The second-order valence-corrected chi connectivity index (χ2v) is 9.12. The smallest absolute Gasteiger partial charge is 0.416 e. The van der Waals surface area contributed by atoms with Gasteiger partial charge in [-0.25, -0.2) is 12.4 Å². The van der Waals surface area contributed by atoms with Crippen LogP contribution in [0.1, 0.15) is 23.1 Å². The largest absolute Gasteiger partial charge is 0.496 e. The third kappa shape index (κ3) is 3.35. The summed E-state index contributed by atoms with van der Waals surface area (Å²) < 4.78 is 72.9. The first kappa shape index (κ1) is 20.7. The minimum Gasteiger partial charge on any atom is -0.496 e. The highest BCUT2D eigenvalue weighted by Crippen LogP contribution is 2.37. The van der Waals surface area contributed by atoms with Crippen LogP contribution in [0.4, 0.5) is 13.2 Å². The lowest BCUT2D eigenvalue weighted by Crippen LogP contribution is -2.32. The normalized spacial score (nSPS) is 17.2. The second kappa shape index (κ2) is 7.31. The predicted molar refractivity (Wildman–Crippen MR) is 107 cm³/mol. The van der Waals surface area contributed by atoms with Crippen LogP contribution in [-0.4, -0.2) is 32.6 Å². The maximum Gasteiger partial charge on any atom is 0.416 e. The molecule has 5 nitrogen and oxygen atoms in total. The highest BCUT2D eigenvalue weighted by atomic mass is 32.2. The highest BCUT2D eigenvalue weighted by Gasteiger charge is 2.33. The Labute approximate surface area is 172 Å². The minimum absolute atomic E-state index is 0.00157. The summed E-state index contributed by atoms with van der Waals surface area (Å²) in [5.74, 6) is 0.612. The molecule has 0 aliphatic heterocycles. The molecule has 0 bridgehead atoms. The summed E-state index contributed by atoms with van der Waals surface area (Å²) in [6.07, 6.45) is -1.36. The van der Waals surface area contributed by atoms with Gasteiger partial charge in [0, 0.05) is 23.2 Å². The number of likely N-dealkylation sites (N-methyl/N-ethyl adjacent to an activating group) is 1. The number of methoxy groups -OCH3 is 1. The molecule has 0 amide bonds. The van der Waals surface area contributed by atoms with Gasteiger partial charge in [0.25, 0.3) is 10.0 Å². The van der Waals surface area contributed by atoms with E-state index >= 15 is 0 Å². The number of halogens is 3. The molecule has 160 valence electrons. The first-order valence-corrected chi connectivity index (χ1v) is 10.9. The summed E-state index contributed by atoms with van der Waals surface area (Å²) in [5.41, 5.74) is 0.586. The summed E-state index contributed by atoms with van der Waals surface area (Å²) in [6.45, 7) is 0. The van der Waals surface area contributed by atoms with E-state index in [1.807, 2.05) is 7.05 Å². The number of alkyl halides is 3. The van der Waals surface area contributed by atoms with Crippen molar-refractivity contribution in [2.45, 2.75) is 36.4 Å². The Morgan fingerprint density at radius 1 is 1.13 bits per heavy atom. The van der Waals surface area contributed by atoms with Gasteiger partial charge in [0.05, 0.1) is 23.1 Å². The Hall–Kier alpha value is -2.52. The van der Waals surface area contributed by atoms with Crippen molar-refractivity contribution >= 4 is 20.9 Å². The lowest BCUT2D eigenvalue weighted by atomic mass is 9.87. The standard InChI is InChI=1S/C21H21F3N2O3S/c1-25-15-5-6-16-17(12-15)19(29-2)7-8-20(16)30(27,28)26-10-9-13-3-4-14(11-18(13)26)21(22,23)24/h3-4,7-11,15,25H,5-6,12H2,1-2H3/t15-/m0/s1. The van der Waals surface area contributed by atoms with Gasteiger partial charge in [-0.3, -0.25) is 0 Å². The van der Waals surface area contributed by atoms with Crippen molar-refractivity contribution in [3.63, 3.8) is 0 Å². The number of fused-ring (bicyclic) bond motifs is 2. The van der Waals surface area contributed by atoms with E-state index in [0.717, 1.165) is 28.1 Å².